The number of carbonyl (C=O) groups is 1. The molecule has 0 aromatic heterocycles. The quantitative estimate of drug-likeness (QED) is 0.387. The van der Waals surface area contributed by atoms with Crippen molar-refractivity contribution in [2.24, 2.45) is 5.92 Å². The Balaban J connectivity index is 1.25. The van der Waals surface area contributed by atoms with Crippen LogP contribution in [0.5, 0.6) is 11.5 Å². The van der Waals surface area contributed by atoms with Crippen molar-refractivity contribution in [2.45, 2.75) is 74.1 Å². The van der Waals surface area contributed by atoms with E-state index in [9.17, 15) is 20.2 Å². The van der Waals surface area contributed by atoms with Crippen molar-refractivity contribution in [1.82, 2.24) is 9.96 Å². The van der Waals surface area contributed by atoms with Gasteiger partial charge < -0.3 is 14.9 Å². The first-order valence-corrected chi connectivity index (χ1v) is 13.9. The Morgan fingerprint density at radius 3 is 2.70 bits per heavy atom. The summed E-state index contributed by atoms with van der Waals surface area (Å²) < 4.78 is 6.45. The minimum Gasteiger partial charge on any atom is -0.504 e. The highest BCUT2D eigenvalue weighted by molar-refractivity contribution is 6.42. The first kappa shape index (κ1) is 24.0. The number of aromatic hydroxyl groups is 1. The summed E-state index contributed by atoms with van der Waals surface area (Å²) in [6, 6.07) is 7.86. The summed E-state index contributed by atoms with van der Waals surface area (Å²) in [7, 11) is 0. The number of likely N-dealkylation sites (tertiary alicyclic amines) is 1. The van der Waals surface area contributed by atoms with Gasteiger partial charge in [-0.2, -0.15) is 0 Å². The number of halogens is 2. The number of phenolic OH excluding ortho intramolecular Hbond substituents is 1. The largest absolute Gasteiger partial charge is 0.504 e. The number of aliphatic hydroxyl groups is 1. The van der Waals surface area contributed by atoms with Crippen LogP contribution >= 0.6 is 23.2 Å². The third-order valence-corrected chi connectivity index (χ3v) is 10.4. The van der Waals surface area contributed by atoms with Crippen LogP contribution in [-0.4, -0.2) is 68.2 Å². The monoisotopic (exact) mass is 544 g/mol. The molecule has 5 atom stereocenters. The van der Waals surface area contributed by atoms with E-state index in [1.807, 2.05) is 6.07 Å². The van der Waals surface area contributed by atoms with E-state index >= 15 is 0 Å². The lowest BCUT2D eigenvalue weighted by atomic mass is 9.48. The van der Waals surface area contributed by atoms with Crippen LogP contribution in [0.15, 0.2) is 30.3 Å². The number of piperidine rings is 1. The molecule has 1 amide bonds. The fraction of sp³-hybridized carbons (Fsp3) is 0.536. The number of hydrogen-bond donors (Lipinski definition) is 3. The summed E-state index contributed by atoms with van der Waals surface area (Å²) in [5.41, 5.74) is 0.731. The number of nitrogens with zero attached hydrogens (tertiary/aromatic N) is 2. The molecule has 2 bridgehead atoms. The lowest BCUT2D eigenvalue weighted by Gasteiger charge is -2.64. The average Bonchev–Trinajstić information content (AvgIpc) is 3.61. The van der Waals surface area contributed by atoms with Gasteiger partial charge in [0, 0.05) is 18.2 Å². The number of phenols is 1. The minimum atomic E-state index is -1.07. The van der Waals surface area contributed by atoms with Gasteiger partial charge in [0.25, 0.3) is 5.91 Å². The van der Waals surface area contributed by atoms with Gasteiger partial charge in [0.05, 0.1) is 33.5 Å². The zero-order valence-electron chi connectivity index (χ0n) is 20.4. The van der Waals surface area contributed by atoms with Crippen molar-refractivity contribution in [3.63, 3.8) is 0 Å². The maximum absolute atomic E-state index is 13.3. The summed E-state index contributed by atoms with van der Waals surface area (Å²) in [5, 5.41) is 36.1. The molecule has 7 rings (SSSR count). The highest BCUT2D eigenvalue weighted by atomic mass is 35.5. The van der Waals surface area contributed by atoms with Crippen LogP contribution in [0.3, 0.4) is 0 Å². The Morgan fingerprint density at radius 1 is 1.14 bits per heavy atom. The van der Waals surface area contributed by atoms with Gasteiger partial charge in [-0.3, -0.25) is 14.9 Å². The Morgan fingerprint density at radius 2 is 1.95 bits per heavy atom. The summed E-state index contributed by atoms with van der Waals surface area (Å²) in [5.74, 6) is 0.655. The van der Waals surface area contributed by atoms with Gasteiger partial charge in [-0.15, -0.1) is 0 Å². The van der Waals surface area contributed by atoms with Crippen molar-refractivity contribution in [2.75, 3.05) is 13.1 Å². The highest BCUT2D eigenvalue weighted by Gasteiger charge is 2.73. The number of hydroxylamine groups is 2. The van der Waals surface area contributed by atoms with E-state index in [1.165, 1.54) is 12.8 Å². The van der Waals surface area contributed by atoms with Gasteiger partial charge in [0.2, 0.25) is 0 Å². The molecule has 2 aromatic rings. The second kappa shape index (κ2) is 8.23. The number of carbonyl (C=O) groups excluding carboxylic acids is 1. The Bertz CT molecular complexity index is 1300. The maximum Gasteiger partial charge on any atom is 0.250 e. The summed E-state index contributed by atoms with van der Waals surface area (Å²) in [4.78, 5) is 15.7. The topological polar surface area (TPSA) is 93.5 Å². The van der Waals surface area contributed by atoms with Crippen molar-refractivity contribution in [3.05, 3.63) is 57.1 Å². The normalized spacial score (nSPS) is 33.6. The second-order valence-corrected chi connectivity index (χ2v) is 12.4. The molecule has 0 radical (unpaired) electrons. The first-order chi connectivity index (χ1) is 17.7. The zero-order chi connectivity index (χ0) is 25.7. The molecule has 2 aliphatic heterocycles. The van der Waals surface area contributed by atoms with Crippen LogP contribution in [-0.2, 0) is 23.1 Å². The van der Waals surface area contributed by atoms with Gasteiger partial charge in [-0.1, -0.05) is 35.3 Å². The Kier molecular flexibility index (Phi) is 5.35. The molecular formula is C28H30Cl2N2O5. The molecule has 2 heterocycles. The molecule has 7 nitrogen and oxygen atoms in total. The van der Waals surface area contributed by atoms with Crippen molar-refractivity contribution >= 4 is 29.1 Å². The second-order valence-electron chi connectivity index (χ2n) is 11.6. The Labute approximate surface area is 225 Å². The van der Waals surface area contributed by atoms with E-state index in [1.54, 1.807) is 24.3 Å². The van der Waals surface area contributed by atoms with E-state index in [-0.39, 0.29) is 18.2 Å². The first-order valence-electron chi connectivity index (χ1n) is 13.2. The van der Waals surface area contributed by atoms with Crippen LogP contribution in [0.1, 0.15) is 48.8 Å². The Hall–Kier alpha value is -2.03. The van der Waals surface area contributed by atoms with Crippen LogP contribution in [0, 0.1) is 5.92 Å². The van der Waals surface area contributed by atoms with E-state index in [2.05, 4.69) is 4.90 Å². The molecule has 3 N–H and O–H groups in total. The van der Waals surface area contributed by atoms with Gasteiger partial charge >= 0.3 is 0 Å². The lowest BCUT2D eigenvalue weighted by molar-refractivity contribution is -0.232. The average molecular weight is 545 g/mol. The fourth-order valence-corrected chi connectivity index (χ4v) is 8.12. The summed E-state index contributed by atoms with van der Waals surface area (Å²) >= 11 is 12.1. The third-order valence-electron chi connectivity index (χ3n) is 9.64. The summed E-state index contributed by atoms with van der Waals surface area (Å²) in [6.07, 6.45) is 3.96. The SMILES string of the molecule is O=C(Cc1ccc(Cl)c(Cl)c1)N(O)[C@H]1CC[C@@]2(O)[C@H]3Cc4ccc(O)c5c4[C@@]2(CCN3CC2CC2)[C@H]1O5. The molecule has 2 saturated carbocycles. The number of ether oxygens (including phenoxy) is 1. The number of rotatable bonds is 5. The molecule has 0 unspecified atom stereocenters. The van der Waals surface area contributed by atoms with Gasteiger partial charge in [0.15, 0.2) is 11.5 Å². The lowest BCUT2D eigenvalue weighted by Crippen LogP contribution is -2.78. The zero-order valence-corrected chi connectivity index (χ0v) is 21.9. The van der Waals surface area contributed by atoms with Crippen LogP contribution in [0.4, 0.5) is 0 Å². The predicted molar refractivity (Wildman–Crippen MR) is 137 cm³/mol. The molecule has 1 spiro atoms. The molecular weight excluding hydrogens is 515 g/mol. The molecule has 3 aliphatic carbocycles. The molecule has 37 heavy (non-hydrogen) atoms. The molecule has 1 saturated heterocycles. The highest BCUT2D eigenvalue weighted by Crippen LogP contribution is 2.66. The summed E-state index contributed by atoms with van der Waals surface area (Å²) in [6.45, 7) is 1.81. The minimum absolute atomic E-state index is 0.0362. The van der Waals surface area contributed by atoms with Gasteiger partial charge in [0.1, 0.15) is 6.10 Å². The standard InChI is InChI=1S/C28H30Cl2N2O5/c29-18-5-3-16(11-19(18)30)12-23(34)32(36)20-7-8-28(35)22-13-17-4-6-21(33)25-24(17)27(28,26(20)37-25)9-10-31(22)14-15-1-2-15/h3-6,11,15,20,22,26,33,35-36H,1-2,7-10,12-14H2/t20-,22+,26-,27-,28+/m0/s1. The van der Waals surface area contributed by atoms with E-state index in [0.29, 0.717) is 53.0 Å². The number of benzene rings is 2. The maximum atomic E-state index is 13.3. The van der Waals surface area contributed by atoms with Crippen molar-refractivity contribution in [3.8, 4) is 11.5 Å². The van der Waals surface area contributed by atoms with Crippen molar-refractivity contribution < 1.29 is 25.0 Å². The molecule has 2 aromatic carbocycles. The fourth-order valence-electron chi connectivity index (χ4n) is 7.80. The van der Waals surface area contributed by atoms with Crippen LogP contribution in [0.25, 0.3) is 0 Å². The van der Waals surface area contributed by atoms with Crippen LogP contribution in [0.2, 0.25) is 10.0 Å². The smallest absolute Gasteiger partial charge is 0.250 e. The molecule has 196 valence electrons. The van der Waals surface area contributed by atoms with Crippen molar-refractivity contribution in [1.29, 1.82) is 0 Å². The van der Waals surface area contributed by atoms with E-state index in [4.69, 9.17) is 27.9 Å². The third kappa shape index (κ3) is 3.34. The van der Waals surface area contributed by atoms with Gasteiger partial charge in [-0.25, -0.2) is 5.06 Å². The predicted octanol–water partition coefficient (Wildman–Crippen LogP) is 4.09. The number of hydrogen-bond acceptors (Lipinski definition) is 6. The number of amides is 1. The molecule has 9 heteroatoms. The van der Waals surface area contributed by atoms with E-state index < -0.39 is 29.1 Å². The van der Waals surface area contributed by atoms with Crippen LogP contribution < -0.4 is 4.74 Å². The molecule has 3 fully saturated rings. The van der Waals surface area contributed by atoms with E-state index in [0.717, 1.165) is 29.3 Å². The van der Waals surface area contributed by atoms with Gasteiger partial charge in [-0.05, 0) is 80.3 Å². The molecule has 5 aliphatic rings.